The minimum atomic E-state index is -1.98. The molecule has 0 radical (unpaired) electrons. The first kappa shape index (κ1) is 72.3. The molecule has 3 saturated heterocycles. The van der Waals surface area contributed by atoms with E-state index < -0.39 is 124 Å². The Kier molecular flexibility index (Phi) is 40.2. The molecule has 12 N–H and O–H groups in total. The van der Waals surface area contributed by atoms with Crippen LogP contribution >= 0.6 is 0 Å². The Hall–Kier alpha value is -1.99. The number of amides is 1. The lowest BCUT2D eigenvalue weighted by Crippen LogP contribution is -2.66. The molecule has 3 fully saturated rings. The van der Waals surface area contributed by atoms with Gasteiger partial charge in [0.2, 0.25) is 5.91 Å². The van der Waals surface area contributed by atoms with Crippen LogP contribution in [0.15, 0.2) is 36.5 Å². The van der Waals surface area contributed by atoms with Crippen molar-refractivity contribution in [1.29, 1.82) is 0 Å². The van der Waals surface area contributed by atoms with Gasteiger partial charge in [-0.1, -0.05) is 185 Å². The van der Waals surface area contributed by atoms with Crippen molar-refractivity contribution in [2.24, 2.45) is 0 Å². The molecule has 1 amide bonds. The molecular weight excluding hydrogens is 1030 g/mol. The van der Waals surface area contributed by atoms with E-state index in [0.29, 0.717) is 12.8 Å². The third kappa shape index (κ3) is 27.8. The highest BCUT2D eigenvalue weighted by Crippen LogP contribution is 2.33. The van der Waals surface area contributed by atoms with E-state index in [0.717, 1.165) is 51.4 Å². The number of carbonyl (C=O) groups excluding carboxylic acids is 1. The van der Waals surface area contributed by atoms with E-state index in [1.54, 1.807) is 6.08 Å². The van der Waals surface area contributed by atoms with Crippen LogP contribution in [0, 0.1) is 0 Å². The van der Waals surface area contributed by atoms with Gasteiger partial charge >= 0.3 is 0 Å². The molecule has 3 heterocycles. The molecule has 0 spiro atoms. The Bertz CT molecular complexity index is 1600. The van der Waals surface area contributed by atoms with Crippen LogP contribution in [0.1, 0.15) is 213 Å². The Labute approximate surface area is 479 Å². The summed E-state index contributed by atoms with van der Waals surface area (Å²) >= 11 is 0. The SMILES string of the molecule is CCCCCCCCCC/C=C\CCCCCCCCCCCC(=O)NC(COC1OC(CO)C(OC2OC(CO)C(OC3OC(CO)C(O)C(O)C3O)C(O)C2O)C(O)C1O)C(O)/C=C/CC/C=C/CCCCCCCCCC. The zero-order valence-electron chi connectivity index (χ0n) is 48.8. The number of carbonyl (C=O) groups is 1. The van der Waals surface area contributed by atoms with E-state index in [1.165, 1.54) is 128 Å². The summed E-state index contributed by atoms with van der Waals surface area (Å²) in [6, 6.07) is -0.989. The van der Waals surface area contributed by atoms with Gasteiger partial charge in [0, 0.05) is 6.42 Å². The molecule has 0 aromatic heterocycles. The summed E-state index contributed by atoms with van der Waals surface area (Å²) in [5, 5.41) is 120. The minimum absolute atomic E-state index is 0.234. The second-order valence-electron chi connectivity index (χ2n) is 22.5. The quantitative estimate of drug-likeness (QED) is 0.0242. The highest BCUT2D eigenvalue weighted by Gasteiger charge is 2.53. The Balaban J connectivity index is 1.49. The van der Waals surface area contributed by atoms with Crippen LogP contribution in [0.25, 0.3) is 0 Å². The number of allylic oxidation sites excluding steroid dienone is 5. The number of aliphatic hydroxyl groups is 11. The van der Waals surface area contributed by atoms with Crippen LogP contribution in [-0.4, -0.2) is 193 Å². The minimum Gasteiger partial charge on any atom is -0.394 e. The fourth-order valence-corrected chi connectivity index (χ4v) is 10.5. The van der Waals surface area contributed by atoms with Gasteiger partial charge in [0.15, 0.2) is 18.9 Å². The summed E-state index contributed by atoms with van der Waals surface area (Å²) in [6.07, 6.45) is 21.3. The third-order valence-electron chi connectivity index (χ3n) is 15.7. The molecule has 3 rings (SSSR count). The number of ether oxygens (including phenoxy) is 6. The molecule has 468 valence electrons. The number of rotatable bonds is 46. The number of hydrogen-bond donors (Lipinski definition) is 12. The molecule has 0 aliphatic carbocycles. The van der Waals surface area contributed by atoms with Crippen LogP contribution in [-0.2, 0) is 33.2 Å². The maximum Gasteiger partial charge on any atom is 0.220 e. The molecule has 0 saturated carbocycles. The van der Waals surface area contributed by atoms with Gasteiger partial charge in [-0.2, -0.15) is 0 Å². The van der Waals surface area contributed by atoms with Crippen molar-refractivity contribution in [3.63, 3.8) is 0 Å². The van der Waals surface area contributed by atoms with E-state index in [9.17, 15) is 61.0 Å². The normalized spacial score (nSPS) is 30.2. The largest absolute Gasteiger partial charge is 0.394 e. The van der Waals surface area contributed by atoms with Crippen molar-refractivity contribution in [3.8, 4) is 0 Å². The molecule has 3 aliphatic heterocycles. The molecule has 3 aliphatic rings. The second kappa shape index (κ2) is 44.5. The fraction of sp³-hybridized carbons (Fsp3) is 0.885. The summed E-state index contributed by atoms with van der Waals surface area (Å²) < 4.78 is 34.2. The lowest BCUT2D eigenvalue weighted by molar-refractivity contribution is -0.379. The zero-order chi connectivity index (χ0) is 58.3. The highest BCUT2D eigenvalue weighted by molar-refractivity contribution is 5.76. The number of nitrogens with one attached hydrogen (secondary N) is 1. The maximum absolute atomic E-state index is 13.3. The number of aliphatic hydroxyl groups excluding tert-OH is 11. The molecule has 19 heteroatoms. The van der Waals surface area contributed by atoms with Crippen molar-refractivity contribution in [2.45, 2.75) is 317 Å². The first-order valence-electron chi connectivity index (χ1n) is 31.2. The monoisotopic (exact) mass is 1150 g/mol. The second-order valence-corrected chi connectivity index (χ2v) is 22.5. The summed E-state index contributed by atoms with van der Waals surface area (Å²) in [5.74, 6) is -0.288. The van der Waals surface area contributed by atoms with Crippen molar-refractivity contribution in [3.05, 3.63) is 36.5 Å². The lowest BCUT2D eigenvalue weighted by Gasteiger charge is -2.48. The zero-order valence-corrected chi connectivity index (χ0v) is 48.8. The van der Waals surface area contributed by atoms with Crippen molar-refractivity contribution in [1.82, 2.24) is 5.32 Å². The topological polar surface area (TPSA) is 307 Å². The van der Waals surface area contributed by atoms with Crippen LogP contribution in [0.3, 0.4) is 0 Å². The summed E-state index contributed by atoms with van der Waals surface area (Å²) in [7, 11) is 0. The molecule has 0 aromatic rings. The van der Waals surface area contributed by atoms with Gasteiger partial charge < -0.3 is 89.9 Å². The predicted octanol–water partition coefficient (Wildman–Crippen LogP) is 6.10. The summed E-state index contributed by atoms with van der Waals surface area (Å²) in [5.41, 5.74) is 0. The predicted molar refractivity (Wildman–Crippen MR) is 305 cm³/mol. The van der Waals surface area contributed by atoms with Crippen LogP contribution in [0.2, 0.25) is 0 Å². The standard InChI is InChI=1S/C61H111NO18/c1-3-5-7-9-11-13-15-17-19-20-21-22-23-24-25-27-29-31-33-35-37-39-49(67)62-44(45(66)38-36-34-32-30-28-26-18-16-14-12-10-8-6-4-2)43-75-59-55(73)52(70)57(47(41-64)77-59)80-61-56(74)53(71)58(48(42-65)78-61)79-60-54(72)51(69)50(68)46(40-63)76-60/h20-21,28,30,36,38,44-48,50-61,63-66,68-74H,3-19,22-27,29,31-35,37,39-43H2,1-2H3,(H,62,67)/b21-20-,30-28+,38-36+. The fourth-order valence-electron chi connectivity index (χ4n) is 10.5. The molecule has 17 atom stereocenters. The van der Waals surface area contributed by atoms with E-state index in [4.69, 9.17) is 28.4 Å². The Morgan fingerprint density at radius 2 is 0.800 bits per heavy atom. The first-order chi connectivity index (χ1) is 38.8. The molecule has 80 heavy (non-hydrogen) atoms. The maximum atomic E-state index is 13.3. The molecule has 19 nitrogen and oxygen atoms in total. The van der Waals surface area contributed by atoms with E-state index in [-0.39, 0.29) is 18.9 Å². The van der Waals surface area contributed by atoms with Gasteiger partial charge in [-0.15, -0.1) is 0 Å². The van der Waals surface area contributed by atoms with Gasteiger partial charge in [-0.05, 0) is 57.8 Å². The van der Waals surface area contributed by atoms with Crippen molar-refractivity contribution >= 4 is 5.91 Å². The van der Waals surface area contributed by atoms with Crippen molar-refractivity contribution < 1.29 is 89.4 Å². The van der Waals surface area contributed by atoms with E-state index in [2.05, 4.69) is 43.5 Å². The van der Waals surface area contributed by atoms with Gasteiger partial charge in [-0.3, -0.25) is 4.79 Å². The number of unbranched alkanes of at least 4 members (excludes halogenated alkanes) is 26. The summed E-state index contributed by atoms with van der Waals surface area (Å²) in [4.78, 5) is 13.3. The van der Waals surface area contributed by atoms with Crippen molar-refractivity contribution in [2.75, 3.05) is 26.4 Å². The molecule has 17 unspecified atom stereocenters. The summed E-state index contributed by atoms with van der Waals surface area (Å²) in [6.45, 7) is 1.69. The molecule has 0 aromatic carbocycles. The lowest BCUT2D eigenvalue weighted by atomic mass is 9.96. The van der Waals surface area contributed by atoms with Crippen LogP contribution in [0.4, 0.5) is 0 Å². The van der Waals surface area contributed by atoms with Gasteiger partial charge in [0.25, 0.3) is 0 Å². The van der Waals surface area contributed by atoms with Gasteiger partial charge in [0.1, 0.15) is 73.2 Å². The molecule has 0 bridgehead atoms. The average Bonchev–Trinajstić information content (AvgIpc) is 3.45. The Morgan fingerprint density at radius 1 is 0.438 bits per heavy atom. The first-order valence-corrected chi connectivity index (χ1v) is 31.2. The highest BCUT2D eigenvalue weighted by atomic mass is 16.8. The van der Waals surface area contributed by atoms with E-state index >= 15 is 0 Å². The van der Waals surface area contributed by atoms with E-state index in [1.807, 2.05) is 6.08 Å². The number of hydrogen-bond acceptors (Lipinski definition) is 18. The Morgan fingerprint density at radius 3 is 1.25 bits per heavy atom. The van der Waals surface area contributed by atoms with Gasteiger partial charge in [-0.25, -0.2) is 0 Å². The third-order valence-corrected chi connectivity index (χ3v) is 15.7. The van der Waals surface area contributed by atoms with Gasteiger partial charge in [0.05, 0.1) is 38.6 Å². The van der Waals surface area contributed by atoms with Crippen LogP contribution in [0.5, 0.6) is 0 Å². The molecular formula is C61H111NO18. The van der Waals surface area contributed by atoms with Crippen LogP contribution < -0.4 is 5.32 Å². The average molecular weight is 1150 g/mol. The smallest absolute Gasteiger partial charge is 0.220 e.